The van der Waals surface area contributed by atoms with Gasteiger partial charge in [-0.25, -0.2) is 0 Å². The second-order valence-electron chi connectivity index (χ2n) is 0. The van der Waals surface area contributed by atoms with Crippen molar-refractivity contribution in [3.8, 4) is 0 Å². The van der Waals surface area contributed by atoms with Gasteiger partial charge in [-0.1, -0.05) is 0 Å². The van der Waals surface area contributed by atoms with Gasteiger partial charge >= 0.3 is 55.8 Å². The summed E-state index contributed by atoms with van der Waals surface area (Å²) in [4.78, 5) is 0. The van der Waals surface area contributed by atoms with Crippen LogP contribution in [0.15, 0.2) is 0 Å². The monoisotopic (exact) mass is 344 g/mol. The molecule has 0 fully saturated rings. The van der Waals surface area contributed by atoms with Crippen LogP contribution in [-0.2, 0) is 0 Å². The minimum absolute atomic E-state index is 0. The zero-order chi connectivity index (χ0) is 0. The molecule has 0 aromatic rings. The molecule has 0 amide bonds. The van der Waals surface area contributed by atoms with Gasteiger partial charge in [0.1, 0.15) is 0 Å². The van der Waals surface area contributed by atoms with E-state index < -0.39 is 0 Å². The summed E-state index contributed by atoms with van der Waals surface area (Å²) >= 11 is 0. The first-order valence-corrected chi connectivity index (χ1v) is 0. The van der Waals surface area contributed by atoms with E-state index in [1.165, 1.54) is 0 Å². The van der Waals surface area contributed by atoms with E-state index >= 15 is 0 Å². The number of hydrogen-bond acceptors (Lipinski definition) is 0. The molecule has 0 rings (SSSR count). The maximum atomic E-state index is 0. The van der Waals surface area contributed by atoms with Crippen LogP contribution >= 0.6 is 0 Å². The summed E-state index contributed by atoms with van der Waals surface area (Å²) in [7, 11) is 0. The Balaban J connectivity index is 0. The Kier molecular flexibility index (Phi) is 6240. The normalized spacial score (nSPS) is 0. The maximum absolute atomic E-state index is 0. The topological polar surface area (TPSA) is 189 Å². The third-order valence-electron chi connectivity index (χ3n) is 0. The van der Waals surface area contributed by atoms with E-state index in [0.717, 1.165) is 0 Å². The molecule has 0 saturated carbocycles. The quantitative estimate of drug-likeness (QED) is 0.378. The van der Waals surface area contributed by atoms with Gasteiger partial charge in [-0.3, -0.25) is 0 Å². The van der Waals surface area contributed by atoms with Gasteiger partial charge in [0.05, 0.1) is 0 Å². The van der Waals surface area contributed by atoms with Crippen LogP contribution in [0.25, 0.3) is 0 Å². The van der Waals surface area contributed by atoms with Crippen molar-refractivity contribution >= 4 is 55.8 Å². The van der Waals surface area contributed by atoms with Gasteiger partial charge in [0.2, 0.25) is 0 Å². The molecule has 0 atom stereocenters. The molecule has 0 radical (unpaired) electrons. The molecule has 0 aliphatic heterocycles. The van der Waals surface area contributed by atoms with Crippen molar-refractivity contribution < 1.29 is 32.9 Å². The Hall–Kier alpha value is 1.64. The summed E-state index contributed by atoms with van der Waals surface area (Å²) in [6.07, 6.45) is 0. The van der Waals surface area contributed by atoms with E-state index in [4.69, 9.17) is 0 Å². The van der Waals surface area contributed by atoms with E-state index in [1.807, 2.05) is 0 Å². The second-order valence-corrected chi connectivity index (χ2v) is 0. The van der Waals surface area contributed by atoms with Gasteiger partial charge in [-0.2, -0.15) is 0 Å². The van der Waals surface area contributed by atoms with Gasteiger partial charge in [0.25, 0.3) is 0 Å². The molecule has 0 spiro atoms. The Morgan fingerprint density at radius 1 is 0.375 bits per heavy atom. The molecular weight excluding hydrogens is 328 g/mol. The third kappa shape index (κ3) is 125. The van der Waals surface area contributed by atoms with Gasteiger partial charge in [-0.15, -0.1) is 0 Å². The van der Waals surface area contributed by atoms with Gasteiger partial charge in [-0.05, 0) is 0 Å². The Bertz CT molecular complexity index is 8.49. The first kappa shape index (κ1) is 267. The first-order valence-electron chi connectivity index (χ1n) is 0. The third-order valence-corrected chi connectivity index (χ3v) is 0. The van der Waals surface area contributed by atoms with Crippen LogP contribution in [0, 0.1) is 0 Å². The Labute approximate surface area is 87.9 Å². The van der Waals surface area contributed by atoms with Gasteiger partial charge < -0.3 is 32.9 Å². The van der Waals surface area contributed by atoms with Gasteiger partial charge in [0.15, 0.2) is 0 Å². The predicted octanol–water partition coefficient (Wildman–Crippen LogP) is -6.78. The predicted molar refractivity (Wildman–Crippen MR) is 38.8 cm³/mol. The number of hydrogen-bond donors (Lipinski definition) is 0. The zero-order valence-electron chi connectivity index (χ0n) is 3.71. The second kappa shape index (κ2) is 187. The van der Waals surface area contributed by atoms with Crippen molar-refractivity contribution in [2.24, 2.45) is 0 Å². The molecule has 0 bridgehead atoms. The van der Waals surface area contributed by atoms with E-state index in [9.17, 15) is 0 Å². The fourth-order valence-corrected chi connectivity index (χ4v) is 0. The summed E-state index contributed by atoms with van der Waals surface area (Å²) in [5, 5.41) is 0. The minimum atomic E-state index is 0. The van der Waals surface area contributed by atoms with Crippen LogP contribution in [0.3, 0.4) is 0 Å². The van der Waals surface area contributed by atoms with Crippen LogP contribution in [0.1, 0.15) is 0 Å². The molecular formula is H16BiNaO6. The Morgan fingerprint density at radius 2 is 0.375 bits per heavy atom. The first-order chi connectivity index (χ1) is 0. The van der Waals surface area contributed by atoms with Crippen molar-refractivity contribution in [2.45, 2.75) is 0 Å². The standard InChI is InChI=1S/Bi.Na.6H2O.4H/h;;6*1H2;;;;. The molecule has 0 unspecified atom stereocenters. The molecule has 0 aliphatic rings. The average molecular weight is 344 g/mol. The van der Waals surface area contributed by atoms with Crippen LogP contribution in [0.2, 0.25) is 0 Å². The summed E-state index contributed by atoms with van der Waals surface area (Å²) < 4.78 is 0. The molecule has 8 heavy (non-hydrogen) atoms. The number of rotatable bonds is 0. The average Bonchev–Trinajstić information content (AvgIpc) is 0. The van der Waals surface area contributed by atoms with E-state index in [1.54, 1.807) is 0 Å². The van der Waals surface area contributed by atoms with E-state index in [2.05, 4.69) is 0 Å². The Morgan fingerprint density at radius 3 is 0.375 bits per heavy atom. The zero-order valence-corrected chi connectivity index (χ0v) is 9.20. The molecule has 12 N–H and O–H groups in total. The van der Waals surface area contributed by atoms with Crippen molar-refractivity contribution in [3.05, 3.63) is 0 Å². The molecule has 0 aromatic heterocycles. The van der Waals surface area contributed by atoms with Crippen LogP contribution in [0.5, 0.6) is 0 Å². The SMILES string of the molecule is O.O.O.O.O.O.[BiH3].[NaH]. The molecule has 0 saturated heterocycles. The van der Waals surface area contributed by atoms with Crippen LogP contribution in [0.4, 0.5) is 0 Å². The summed E-state index contributed by atoms with van der Waals surface area (Å²) in [6, 6.07) is 0. The van der Waals surface area contributed by atoms with E-state index in [0.29, 0.717) is 0 Å². The molecule has 0 aromatic carbocycles. The molecule has 0 heterocycles. The van der Waals surface area contributed by atoms with Gasteiger partial charge in [0, 0.05) is 0 Å². The molecule has 8 heteroatoms. The summed E-state index contributed by atoms with van der Waals surface area (Å²) in [5.41, 5.74) is 0. The molecule has 6 nitrogen and oxygen atoms in total. The van der Waals surface area contributed by atoms with Crippen molar-refractivity contribution in [3.63, 3.8) is 0 Å². The van der Waals surface area contributed by atoms with Crippen LogP contribution < -0.4 is 0 Å². The van der Waals surface area contributed by atoms with Crippen molar-refractivity contribution in [1.29, 1.82) is 0 Å². The van der Waals surface area contributed by atoms with Crippen molar-refractivity contribution in [2.75, 3.05) is 0 Å². The summed E-state index contributed by atoms with van der Waals surface area (Å²) in [6.45, 7) is 0. The summed E-state index contributed by atoms with van der Waals surface area (Å²) in [5.74, 6) is 0. The molecule has 0 aliphatic carbocycles. The molecule has 58 valence electrons. The van der Waals surface area contributed by atoms with E-state index in [-0.39, 0.29) is 88.6 Å². The van der Waals surface area contributed by atoms with Crippen LogP contribution in [-0.4, -0.2) is 88.6 Å². The fourth-order valence-electron chi connectivity index (χ4n) is 0. The fraction of sp³-hybridized carbons (Fsp3) is 0. The van der Waals surface area contributed by atoms with Crippen molar-refractivity contribution in [1.82, 2.24) is 0 Å².